The molecule has 2 aliphatic rings. The van der Waals surface area contributed by atoms with E-state index in [9.17, 15) is 0 Å². The highest BCUT2D eigenvalue weighted by atomic mass is 16.5. The van der Waals surface area contributed by atoms with Crippen LogP contribution in [0.4, 0.5) is 0 Å². The van der Waals surface area contributed by atoms with Gasteiger partial charge in [-0.2, -0.15) is 0 Å². The van der Waals surface area contributed by atoms with E-state index >= 15 is 0 Å². The molecular formula is C16H32N2O. The van der Waals surface area contributed by atoms with E-state index in [0.717, 1.165) is 25.8 Å². The Morgan fingerprint density at radius 1 is 1.00 bits per heavy atom. The van der Waals surface area contributed by atoms with Crippen LogP contribution < -0.4 is 0 Å². The Morgan fingerprint density at radius 2 is 1.79 bits per heavy atom. The van der Waals surface area contributed by atoms with Crippen LogP contribution in [0.2, 0.25) is 0 Å². The number of hydrogen-bond acceptors (Lipinski definition) is 3. The predicted molar refractivity (Wildman–Crippen MR) is 80.5 cm³/mol. The maximum absolute atomic E-state index is 5.71. The summed E-state index contributed by atoms with van der Waals surface area (Å²) in [4.78, 5) is 5.34. The summed E-state index contributed by atoms with van der Waals surface area (Å²) in [7, 11) is 0. The standard InChI is InChI=1S/C16H32N2O/c1-15(2)14-19-13-12-17-8-5-6-16(7-11-17)18-9-3-4-10-18/h15-16H,3-14H2,1-2H3/t16-/m0/s1. The molecule has 0 aromatic carbocycles. The summed E-state index contributed by atoms with van der Waals surface area (Å²) in [5.41, 5.74) is 0. The van der Waals surface area contributed by atoms with Crippen LogP contribution >= 0.6 is 0 Å². The fraction of sp³-hybridized carbons (Fsp3) is 1.00. The Morgan fingerprint density at radius 3 is 2.53 bits per heavy atom. The molecule has 0 N–H and O–H groups in total. The van der Waals surface area contributed by atoms with Crippen LogP contribution in [0.1, 0.15) is 46.0 Å². The molecule has 0 bridgehead atoms. The highest BCUT2D eigenvalue weighted by Crippen LogP contribution is 2.21. The molecule has 2 aliphatic heterocycles. The molecule has 2 fully saturated rings. The first kappa shape index (κ1) is 15.3. The minimum Gasteiger partial charge on any atom is -0.380 e. The highest BCUT2D eigenvalue weighted by molar-refractivity contribution is 4.80. The van der Waals surface area contributed by atoms with Gasteiger partial charge in [-0.05, 0) is 64.2 Å². The van der Waals surface area contributed by atoms with Crippen LogP contribution in [0.15, 0.2) is 0 Å². The first-order chi connectivity index (χ1) is 9.25. The first-order valence-corrected chi connectivity index (χ1v) is 8.30. The fourth-order valence-electron chi connectivity index (χ4n) is 3.35. The van der Waals surface area contributed by atoms with Crippen molar-refractivity contribution in [1.82, 2.24) is 9.80 Å². The van der Waals surface area contributed by atoms with Gasteiger partial charge in [0, 0.05) is 19.2 Å². The van der Waals surface area contributed by atoms with Gasteiger partial charge in [-0.15, -0.1) is 0 Å². The van der Waals surface area contributed by atoms with Crippen molar-refractivity contribution in [3.8, 4) is 0 Å². The number of nitrogens with zero attached hydrogens (tertiary/aromatic N) is 2. The predicted octanol–water partition coefficient (Wildman–Crippen LogP) is 2.61. The van der Waals surface area contributed by atoms with Crippen LogP contribution in [0.25, 0.3) is 0 Å². The van der Waals surface area contributed by atoms with Gasteiger partial charge in [-0.25, -0.2) is 0 Å². The van der Waals surface area contributed by atoms with E-state index in [2.05, 4.69) is 23.6 Å². The van der Waals surface area contributed by atoms with Crippen molar-refractivity contribution in [3.63, 3.8) is 0 Å². The molecule has 2 saturated heterocycles. The summed E-state index contributed by atoms with van der Waals surface area (Å²) in [5.74, 6) is 0.656. The van der Waals surface area contributed by atoms with Crippen LogP contribution in [0.3, 0.4) is 0 Å². The first-order valence-electron chi connectivity index (χ1n) is 8.30. The summed E-state index contributed by atoms with van der Waals surface area (Å²) >= 11 is 0. The molecule has 2 rings (SSSR count). The van der Waals surface area contributed by atoms with Gasteiger partial charge in [0.15, 0.2) is 0 Å². The molecule has 0 unspecified atom stereocenters. The van der Waals surface area contributed by atoms with Gasteiger partial charge in [0.05, 0.1) is 6.61 Å². The zero-order valence-corrected chi connectivity index (χ0v) is 12.9. The minimum absolute atomic E-state index is 0.656. The lowest BCUT2D eigenvalue weighted by Gasteiger charge is -2.26. The minimum atomic E-state index is 0.656. The quantitative estimate of drug-likeness (QED) is 0.689. The summed E-state index contributed by atoms with van der Waals surface area (Å²) in [6.07, 6.45) is 6.98. The molecule has 19 heavy (non-hydrogen) atoms. The molecule has 3 heteroatoms. The highest BCUT2D eigenvalue weighted by Gasteiger charge is 2.24. The average molecular weight is 268 g/mol. The van der Waals surface area contributed by atoms with Crippen molar-refractivity contribution < 1.29 is 4.74 Å². The lowest BCUT2D eigenvalue weighted by Crippen LogP contribution is -2.34. The maximum Gasteiger partial charge on any atom is 0.0593 e. The smallest absolute Gasteiger partial charge is 0.0593 e. The normalized spacial score (nSPS) is 27.0. The second-order valence-corrected chi connectivity index (χ2v) is 6.64. The van der Waals surface area contributed by atoms with Crippen molar-refractivity contribution >= 4 is 0 Å². The summed E-state index contributed by atoms with van der Waals surface area (Å²) in [5, 5.41) is 0. The largest absolute Gasteiger partial charge is 0.380 e. The molecule has 1 atom stereocenters. The molecule has 112 valence electrons. The number of rotatable bonds is 6. The zero-order chi connectivity index (χ0) is 13.5. The Bertz CT molecular complexity index is 239. The monoisotopic (exact) mass is 268 g/mol. The van der Waals surface area contributed by atoms with Crippen molar-refractivity contribution in [1.29, 1.82) is 0 Å². The molecule has 0 amide bonds. The third-order valence-electron chi connectivity index (χ3n) is 4.45. The third kappa shape index (κ3) is 5.41. The van der Waals surface area contributed by atoms with Crippen LogP contribution in [0, 0.1) is 5.92 Å². The van der Waals surface area contributed by atoms with Crippen molar-refractivity contribution in [2.75, 3.05) is 45.9 Å². The van der Waals surface area contributed by atoms with Gasteiger partial charge in [0.2, 0.25) is 0 Å². The van der Waals surface area contributed by atoms with E-state index < -0.39 is 0 Å². The van der Waals surface area contributed by atoms with Crippen molar-refractivity contribution in [2.45, 2.75) is 52.0 Å². The fourth-order valence-corrected chi connectivity index (χ4v) is 3.35. The molecule has 0 radical (unpaired) electrons. The number of hydrogen-bond donors (Lipinski definition) is 0. The Hall–Kier alpha value is -0.120. The number of likely N-dealkylation sites (tertiary alicyclic amines) is 2. The van der Waals surface area contributed by atoms with Gasteiger partial charge >= 0.3 is 0 Å². The van der Waals surface area contributed by atoms with Gasteiger partial charge in [0.25, 0.3) is 0 Å². The molecule has 0 aromatic rings. The lowest BCUT2D eigenvalue weighted by atomic mass is 10.1. The molecule has 0 aromatic heterocycles. The molecular weight excluding hydrogens is 236 g/mol. The van der Waals surface area contributed by atoms with Gasteiger partial charge in [-0.3, -0.25) is 0 Å². The zero-order valence-electron chi connectivity index (χ0n) is 12.9. The molecule has 0 aliphatic carbocycles. The van der Waals surface area contributed by atoms with Crippen LogP contribution in [-0.4, -0.2) is 61.8 Å². The van der Waals surface area contributed by atoms with Crippen LogP contribution in [-0.2, 0) is 4.74 Å². The van der Waals surface area contributed by atoms with Crippen molar-refractivity contribution in [3.05, 3.63) is 0 Å². The van der Waals surface area contributed by atoms with E-state index in [4.69, 9.17) is 4.74 Å². The Labute approximate surface area is 119 Å². The van der Waals surface area contributed by atoms with E-state index in [1.54, 1.807) is 0 Å². The molecule has 2 heterocycles. The Kier molecular flexibility index (Phi) is 6.62. The number of ether oxygens (including phenoxy) is 1. The lowest BCUT2D eigenvalue weighted by molar-refractivity contribution is 0.0856. The van der Waals surface area contributed by atoms with E-state index in [1.807, 2.05) is 0 Å². The second-order valence-electron chi connectivity index (χ2n) is 6.64. The topological polar surface area (TPSA) is 15.7 Å². The summed E-state index contributed by atoms with van der Waals surface area (Å²) in [6, 6.07) is 0.865. The van der Waals surface area contributed by atoms with Gasteiger partial charge < -0.3 is 14.5 Å². The Balaban J connectivity index is 1.62. The van der Waals surface area contributed by atoms with E-state index in [0.29, 0.717) is 5.92 Å². The third-order valence-corrected chi connectivity index (χ3v) is 4.45. The van der Waals surface area contributed by atoms with Crippen LogP contribution in [0.5, 0.6) is 0 Å². The van der Waals surface area contributed by atoms with E-state index in [1.165, 1.54) is 58.3 Å². The van der Waals surface area contributed by atoms with E-state index in [-0.39, 0.29) is 0 Å². The summed E-state index contributed by atoms with van der Waals surface area (Å²) in [6.45, 7) is 12.6. The second kappa shape index (κ2) is 8.23. The summed E-state index contributed by atoms with van der Waals surface area (Å²) < 4.78 is 5.71. The maximum atomic E-state index is 5.71. The average Bonchev–Trinajstić information content (AvgIpc) is 2.81. The molecule has 0 saturated carbocycles. The van der Waals surface area contributed by atoms with Gasteiger partial charge in [-0.1, -0.05) is 13.8 Å². The SMILES string of the molecule is CC(C)COCCN1CCC[C@H](N2CCCC2)CC1. The molecule has 0 spiro atoms. The molecule has 3 nitrogen and oxygen atoms in total. The van der Waals surface area contributed by atoms with Gasteiger partial charge in [0.1, 0.15) is 0 Å². The van der Waals surface area contributed by atoms with Crippen molar-refractivity contribution in [2.24, 2.45) is 5.92 Å².